The van der Waals surface area contributed by atoms with Gasteiger partial charge in [0.1, 0.15) is 4.88 Å². The fourth-order valence-electron chi connectivity index (χ4n) is 0.905. The number of aromatic carboxylic acids is 1. The van der Waals surface area contributed by atoms with Gasteiger partial charge in [0.15, 0.2) is 0 Å². The van der Waals surface area contributed by atoms with Gasteiger partial charge in [0.2, 0.25) is 0 Å². The van der Waals surface area contributed by atoms with E-state index in [9.17, 15) is 9.59 Å². The molecule has 0 saturated heterocycles. The highest BCUT2D eigenvalue weighted by molar-refractivity contribution is 7.12. The third kappa shape index (κ3) is 3.55. The number of rotatable bonds is 4. The van der Waals surface area contributed by atoms with Crippen molar-refractivity contribution in [3.8, 4) is 0 Å². The first kappa shape index (κ1) is 11.5. The van der Waals surface area contributed by atoms with Crippen LogP contribution < -0.4 is 0 Å². The zero-order chi connectivity index (χ0) is 11.3. The largest absolute Gasteiger partial charge is 0.477 e. The van der Waals surface area contributed by atoms with E-state index >= 15 is 0 Å². The molecule has 1 heterocycles. The predicted octanol–water partition coefficient (Wildman–Crippen LogP) is 2.02. The average molecular weight is 226 g/mol. The molecular weight excluding hydrogens is 216 g/mol. The number of carboxylic acids is 1. The van der Waals surface area contributed by atoms with Gasteiger partial charge >= 0.3 is 11.9 Å². The van der Waals surface area contributed by atoms with E-state index < -0.39 is 11.9 Å². The number of esters is 1. The Balaban J connectivity index is 2.64. The highest BCUT2D eigenvalue weighted by Crippen LogP contribution is 2.15. The summed E-state index contributed by atoms with van der Waals surface area (Å²) in [6.07, 6.45) is 2.80. The lowest BCUT2D eigenvalue weighted by Crippen LogP contribution is -1.98. The number of hydrogen-bond acceptors (Lipinski definition) is 4. The Bertz CT molecular complexity index is 392. The van der Waals surface area contributed by atoms with Gasteiger partial charge in [-0.3, -0.25) is 0 Å². The quantitative estimate of drug-likeness (QED) is 0.630. The standard InChI is InChI=1S/C10H10O4S/c1-2-14-9(11)4-3-7-5-8(10(12)13)15-6-7/h3-6H,2H2,1H3,(H,12,13). The van der Waals surface area contributed by atoms with E-state index in [0.717, 1.165) is 11.3 Å². The van der Waals surface area contributed by atoms with Crippen LogP contribution in [0.1, 0.15) is 22.2 Å². The summed E-state index contributed by atoms with van der Waals surface area (Å²) < 4.78 is 4.68. The molecule has 0 aliphatic heterocycles. The Morgan fingerprint density at radius 3 is 2.87 bits per heavy atom. The van der Waals surface area contributed by atoms with Crippen molar-refractivity contribution < 1.29 is 19.4 Å². The van der Waals surface area contributed by atoms with Crippen molar-refractivity contribution in [2.24, 2.45) is 0 Å². The first-order valence-electron chi connectivity index (χ1n) is 4.30. The Morgan fingerprint density at radius 2 is 2.33 bits per heavy atom. The van der Waals surface area contributed by atoms with Crippen LogP contribution in [0.4, 0.5) is 0 Å². The zero-order valence-electron chi connectivity index (χ0n) is 8.10. The number of ether oxygens (including phenoxy) is 1. The Labute approximate surface area is 90.8 Å². The molecule has 80 valence electrons. The summed E-state index contributed by atoms with van der Waals surface area (Å²) in [6.45, 7) is 2.05. The second-order valence-corrected chi connectivity index (χ2v) is 3.55. The lowest BCUT2D eigenvalue weighted by atomic mass is 10.3. The Kier molecular flexibility index (Phi) is 4.05. The number of thiophene rings is 1. The Hall–Kier alpha value is -1.62. The zero-order valence-corrected chi connectivity index (χ0v) is 8.91. The van der Waals surface area contributed by atoms with Crippen LogP contribution in [0.5, 0.6) is 0 Å². The number of carbonyl (C=O) groups excluding carboxylic acids is 1. The fraction of sp³-hybridized carbons (Fsp3) is 0.200. The molecule has 0 saturated carbocycles. The predicted molar refractivity (Wildman–Crippen MR) is 56.9 cm³/mol. The average Bonchev–Trinajstić information content (AvgIpc) is 2.63. The van der Waals surface area contributed by atoms with Gasteiger partial charge < -0.3 is 9.84 Å². The van der Waals surface area contributed by atoms with E-state index in [1.54, 1.807) is 12.3 Å². The van der Waals surface area contributed by atoms with Crippen molar-refractivity contribution in [3.63, 3.8) is 0 Å². The van der Waals surface area contributed by atoms with Crippen LogP contribution in [-0.4, -0.2) is 23.7 Å². The van der Waals surface area contributed by atoms with Crippen LogP contribution in [0.25, 0.3) is 6.08 Å². The summed E-state index contributed by atoms with van der Waals surface area (Å²) in [5.41, 5.74) is 0.686. The van der Waals surface area contributed by atoms with E-state index in [2.05, 4.69) is 4.74 Å². The lowest BCUT2D eigenvalue weighted by Gasteiger charge is -1.93. The topological polar surface area (TPSA) is 63.6 Å². The van der Waals surface area contributed by atoms with Gasteiger partial charge in [-0.05, 0) is 30.0 Å². The number of hydrogen-bond donors (Lipinski definition) is 1. The van der Waals surface area contributed by atoms with Crippen LogP contribution in [0, 0.1) is 0 Å². The maximum atomic E-state index is 10.9. The normalized spacial score (nSPS) is 10.5. The van der Waals surface area contributed by atoms with Crippen molar-refractivity contribution >= 4 is 29.4 Å². The minimum Gasteiger partial charge on any atom is -0.477 e. The third-order valence-corrected chi connectivity index (χ3v) is 2.47. The van der Waals surface area contributed by atoms with Crippen LogP contribution in [0.3, 0.4) is 0 Å². The van der Waals surface area contributed by atoms with E-state index in [1.807, 2.05) is 0 Å². The maximum Gasteiger partial charge on any atom is 0.345 e. The molecule has 5 heteroatoms. The molecule has 0 radical (unpaired) electrons. The number of carbonyl (C=O) groups is 2. The summed E-state index contributed by atoms with van der Waals surface area (Å²) in [4.78, 5) is 21.7. The molecule has 0 bridgehead atoms. The summed E-state index contributed by atoms with van der Waals surface area (Å²) in [7, 11) is 0. The van der Waals surface area contributed by atoms with E-state index in [1.165, 1.54) is 18.2 Å². The summed E-state index contributed by atoms with van der Waals surface area (Å²) in [5, 5.41) is 10.3. The number of carboxylic acid groups (broad SMARTS) is 1. The molecule has 0 fully saturated rings. The van der Waals surface area contributed by atoms with Crippen molar-refractivity contribution in [1.29, 1.82) is 0 Å². The van der Waals surface area contributed by atoms with Gasteiger partial charge in [0, 0.05) is 6.08 Å². The highest BCUT2D eigenvalue weighted by Gasteiger charge is 2.04. The van der Waals surface area contributed by atoms with Gasteiger partial charge in [0.05, 0.1) is 6.61 Å². The molecule has 0 unspecified atom stereocenters. The molecule has 1 aromatic rings. The van der Waals surface area contributed by atoms with Crippen molar-refractivity contribution in [1.82, 2.24) is 0 Å². The van der Waals surface area contributed by atoms with E-state index in [0.29, 0.717) is 12.2 Å². The second kappa shape index (κ2) is 5.31. The first-order chi connectivity index (χ1) is 7.13. The van der Waals surface area contributed by atoms with E-state index in [4.69, 9.17) is 5.11 Å². The molecule has 0 atom stereocenters. The van der Waals surface area contributed by atoms with Crippen molar-refractivity contribution in [2.75, 3.05) is 6.61 Å². The second-order valence-electron chi connectivity index (χ2n) is 2.63. The van der Waals surface area contributed by atoms with Crippen LogP contribution >= 0.6 is 11.3 Å². The molecule has 0 amide bonds. The van der Waals surface area contributed by atoms with Gasteiger partial charge in [-0.1, -0.05) is 0 Å². The molecule has 0 aliphatic carbocycles. The first-order valence-corrected chi connectivity index (χ1v) is 5.18. The fourth-order valence-corrected chi connectivity index (χ4v) is 1.62. The molecule has 1 rings (SSSR count). The van der Waals surface area contributed by atoms with Crippen LogP contribution in [0.15, 0.2) is 17.5 Å². The van der Waals surface area contributed by atoms with Crippen LogP contribution in [0.2, 0.25) is 0 Å². The molecule has 0 aromatic carbocycles. The minimum atomic E-state index is -0.962. The van der Waals surface area contributed by atoms with Crippen molar-refractivity contribution in [3.05, 3.63) is 28.0 Å². The molecular formula is C10H10O4S. The molecule has 4 nitrogen and oxygen atoms in total. The van der Waals surface area contributed by atoms with Gasteiger partial charge in [-0.2, -0.15) is 0 Å². The van der Waals surface area contributed by atoms with E-state index in [-0.39, 0.29) is 4.88 Å². The molecule has 15 heavy (non-hydrogen) atoms. The molecule has 0 spiro atoms. The summed E-state index contributed by atoms with van der Waals surface area (Å²) in [5.74, 6) is -1.39. The monoisotopic (exact) mass is 226 g/mol. The highest BCUT2D eigenvalue weighted by atomic mass is 32.1. The smallest absolute Gasteiger partial charge is 0.345 e. The van der Waals surface area contributed by atoms with Gasteiger partial charge in [0.25, 0.3) is 0 Å². The third-order valence-electron chi connectivity index (χ3n) is 1.53. The van der Waals surface area contributed by atoms with Gasteiger partial charge in [-0.25, -0.2) is 9.59 Å². The minimum absolute atomic E-state index is 0.249. The summed E-state index contributed by atoms with van der Waals surface area (Å²) >= 11 is 1.12. The molecule has 1 N–H and O–H groups in total. The van der Waals surface area contributed by atoms with Crippen LogP contribution in [-0.2, 0) is 9.53 Å². The van der Waals surface area contributed by atoms with Gasteiger partial charge in [-0.15, -0.1) is 11.3 Å². The van der Waals surface area contributed by atoms with Crippen molar-refractivity contribution in [2.45, 2.75) is 6.92 Å². The Morgan fingerprint density at radius 1 is 1.60 bits per heavy atom. The SMILES string of the molecule is CCOC(=O)C=Cc1csc(C(=O)O)c1. The molecule has 1 aromatic heterocycles. The molecule has 0 aliphatic rings. The maximum absolute atomic E-state index is 10.9. The lowest BCUT2D eigenvalue weighted by molar-refractivity contribution is -0.137. The summed E-state index contributed by atoms with van der Waals surface area (Å²) in [6, 6.07) is 1.50.